The first-order chi connectivity index (χ1) is 14.1. The highest BCUT2D eigenvalue weighted by molar-refractivity contribution is 8.00. The Labute approximate surface area is 178 Å². The van der Waals surface area contributed by atoms with E-state index < -0.39 is 0 Å². The van der Waals surface area contributed by atoms with Gasteiger partial charge < -0.3 is 9.30 Å². The summed E-state index contributed by atoms with van der Waals surface area (Å²) in [7, 11) is 1.98. The molecule has 6 heteroatoms. The lowest BCUT2D eigenvalue weighted by Gasteiger charge is -2.17. The molecule has 3 aromatic rings. The molecule has 154 valence electrons. The van der Waals surface area contributed by atoms with Crippen molar-refractivity contribution in [3.8, 4) is 23.1 Å². The number of anilines is 1. The fraction of sp³-hybridized carbons (Fsp3) is 0.348. The van der Waals surface area contributed by atoms with Crippen LogP contribution in [0.1, 0.15) is 39.7 Å². The summed E-state index contributed by atoms with van der Waals surface area (Å²) in [4.78, 5) is 0. The first-order valence-electron chi connectivity index (χ1n) is 10.0. The van der Waals surface area contributed by atoms with E-state index in [0.717, 1.165) is 45.8 Å². The number of ether oxygens (including phenoxy) is 1. The predicted molar refractivity (Wildman–Crippen MR) is 125 cm³/mol. The highest BCUT2D eigenvalue weighted by Crippen LogP contribution is 2.35. The van der Waals surface area contributed by atoms with Crippen LogP contribution in [0.2, 0.25) is 0 Å². The van der Waals surface area contributed by atoms with Crippen molar-refractivity contribution in [2.24, 2.45) is 12.9 Å². The minimum absolute atomic E-state index is 0.630. The third-order valence-corrected chi connectivity index (χ3v) is 5.50. The second kappa shape index (κ2) is 10.8. The summed E-state index contributed by atoms with van der Waals surface area (Å²) in [6.07, 6.45) is 1.06. The molecule has 0 aliphatic rings. The van der Waals surface area contributed by atoms with Crippen molar-refractivity contribution in [2.75, 3.05) is 16.8 Å². The summed E-state index contributed by atoms with van der Waals surface area (Å²) < 4.78 is 9.28. The van der Waals surface area contributed by atoms with Crippen LogP contribution >= 0.6 is 11.9 Å². The van der Waals surface area contributed by atoms with Crippen LogP contribution in [0.3, 0.4) is 0 Å². The number of rotatable bonds is 7. The summed E-state index contributed by atoms with van der Waals surface area (Å²) in [6, 6.07) is 16.2. The summed E-state index contributed by atoms with van der Waals surface area (Å²) in [5.74, 6) is 7.95. The zero-order chi connectivity index (χ0) is 21.4. The maximum Gasteiger partial charge on any atom is 0.119 e. The maximum atomic E-state index is 9.80. The van der Waals surface area contributed by atoms with Crippen LogP contribution in [0.25, 0.3) is 22.2 Å². The van der Waals surface area contributed by atoms with Gasteiger partial charge >= 0.3 is 0 Å². The lowest BCUT2D eigenvalue weighted by molar-refractivity contribution is 0.340. The summed E-state index contributed by atoms with van der Waals surface area (Å²) in [5, 5.41) is 10.7. The molecule has 0 saturated heterocycles. The van der Waals surface area contributed by atoms with Crippen LogP contribution < -0.4 is 15.0 Å². The van der Waals surface area contributed by atoms with Gasteiger partial charge in [-0.25, -0.2) is 5.84 Å². The molecule has 0 amide bonds. The van der Waals surface area contributed by atoms with Crippen LogP contribution in [-0.4, -0.2) is 16.9 Å². The summed E-state index contributed by atoms with van der Waals surface area (Å²) in [5.41, 5.74) is 4.47. The number of hydrogen-bond donors (Lipinski definition) is 1. The fourth-order valence-corrected chi connectivity index (χ4v) is 3.79. The van der Waals surface area contributed by atoms with Gasteiger partial charge in [0.15, 0.2) is 0 Å². The Morgan fingerprint density at radius 2 is 1.83 bits per heavy atom. The molecule has 0 fully saturated rings. The van der Waals surface area contributed by atoms with Crippen LogP contribution in [-0.2, 0) is 7.05 Å². The first kappa shape index (κ1) is 22.7. The molecular formula is C23H30N4OS. The quantitative estimate of drug-likeness (QED) is 0.299. The second-order valence-electron chi connectivity index (χ2n) is 6.21. The lowest BCUT2D eigenvalue weighted by atomic mass is 10.1. The van der Waals surface area contributed by atoms with Crippen molar-refractivity contribution in [2.45, 2.75) is 34.1 Å². The van der Waals surface area contributed by atoms with Crippen molar-refractivity contribution >= 4 is 28.5 Å². The molecule has 0 saturated carbocycles. The van der Waals surface area contributed by atoms with Gasteiger partial charge in [0.1, 0.15) is 11.8 Å². The molecule has 0 radical (unpaired) electrons. The standard InChI is InChI=1S/C21H24N4OS.C2H6/c1-4-12-27-25(23)16-8-11-18-19(14-22)21(24(3)20(18)13-16)15-6-9-17(10-7-15)26-5-2;1-2/h6-11,13H,4-5,12,23H2,1-3H3;1-2H3. The van der Waals surface area contributed by atoms with E-state index >= 15 is 0 Å². The minimum atomic E-state index is 0.630. The van der Waals surface area contributed by atoms with Gasteiger partial charge in [-0.3, -0.25) is 4.41 Å². The normalized spacial score (nSPS) is 10.2. The molecule has 0 bridgehead atoms. The van der Waals surface area contributed by atoms with Gasteiger partial charge in [-0.2, -0.15) is 5.26 Å². The van der Waals surface area contributed by atoms with Gasteiger partial charge in [0.05, 0.1) is 29.1 Å². The van der Waals surface area contributed by atoms with Gasteiger partial charge in [-0.15, -0.1) is 0 Å². The van der Waals surface area contributed by atoms with E-state index in [-0.39, 0.29) is 0 Å². The molecule has 0 atom stereocenters. The number of benzene rings is 2. The van der Waals surface area contributed by atoms with Crippen molar-refractivity contribution < 1.29 is 4.74 Å². The molecular weight excluding hydrogens is 380 g/mol. The Bertz CT molecular complexity index is 973. The molecule has 5 nitrogen and oxygen atoms in total. The molecule has 29 heavy (non-hydrogen) atoms. The molecule has 1 aromatic heterocycles. The highest BCUT2D eigenvalue weighted by Gasteiger charge is 2.18. The van der Waals surface area contributed by atoms with Gasteiger partial charge in [0.2, 0.25) is 0 Å². The summed E-state index contributed by atoms with van der Waals surface area (Å²) in [6.45, 7) is 8.72. The van der Waals surface area contributed by atoms with Crippen molar-refractivity contribution in [3.63, 3.8) is 0 Å². The van der Waals surface area contributed by atoms with E-state index in [9.17, 15) is 5.26 Å². The number of hydrogen-bond acceptors (Lipinski definition) is 5. The van der Waals surface area contributed by atoms with Gasteiger partial charge in [-0.05, 0) is 73.3 Å². The first-order valence-corrected chi connectivity index (χ1v) is 11.0. The zero-order valence-electron chi connectivity index (χ0n) is 17.9. The summed E-state index contributed by atoms with van der Waals surface area (Å²) >= 11 is 1.59. The molecule has 2 aromatic carbocycles. The zero-order valence-corrected chi connectivity index (χ0v) is 18.7. The smallest absolute Gasteiger partial charge is 0.119 e. The third-order valence-electron chi connectivity index (χ3n) is 4.42. The van der Waals surface area contributed by atoms with Crippen LogP contribution in [0.5, 0.6) is 5.75 Å². The van der Waals surface area contributed by atoms with Crippen molar-refractivity contribution in [1.29, 1.82) is 5.26 Å². The maximum absolute atomic E-state index is 9.80. The molecule has 0 unspecified atom stereocenters. The van der Waals surface area contributed by atoms with Crippen molar-refractivity contribution in [3.05, 3.63) is 48.0 Å². The second-order valence-corrected chi connectivity index (χ2v) is 7.27. The van der Waals surface area contributed by atoms with Crippen LogP contribution in [0.15, 0.2) is 42.5 Å². The number of aromatic nitrogens is 1. The van der Waals surface area contributed by atoms with Gasteiger partial charge in [-0.1, -0.05) is 20.8 Å². The molecule has 0 aliphatic carbocycles. The topological polar surface area (TPSA) is 67.2 Å². The fourth-order valence-electron chi connectivity index (χ4n) is 3.15. The van der Waals surface area contributed by atoms with Crippen molar-refractivity contribution in [1.82, 2.24) is 4.57 Å². The molecule has 3 rings (SSSR count). The van der Waals surface area contributed by atoms with Crippen LogP contribution in [0, 0.1) is 11.3 Å². The number of nitrogens with two attached hydrogens (primary N) is 1. The van der Waals surface area contributed by atoms with E-state index in [4.69, 9.17) is 10.6 Å². The lowest BCUT2D eigenvalue weighted by Crippen LogP contribution is -2.22. The number of nitriles is 1. The molecule has 0 aliphatic heterocycles. The average molecular weight is 411 g/mol. The Morgan fingerprint density at radius 3 is 2.41 bits per heavy atom. The Hall–Kier alpha value is -2.62. The monoisotopic (exact) mass is 410 g/mol. The number of nitrogens with zero attached hydrogens (tertiary/aromatic N) is 3. The third kappa shape index (κ3) is 4.87. The highest BCUT2D eigenvalue weighted by atomic mass is 32.2. The number of fused-ring (bicyclic) bond motifs is 1. The average Bonchev–Trinajstić information content (AvgIpc) is 3.05. The molecule has 2 N–H and O–H groups in total. The largest absolute Gasteiger partial charge is 0.494 e. The van der Waals surface area contributed by atoms with E-state index in [1.165, 1.54) is 0 Å². The van der Waals surface area contributed by atoms with E-state index in [2.05, 4.69) is 17.6 Å². The van der Waals surface area contributed by atoms with Gasteiger partial charge in [0.25, 0.3) is 0 Å². The Balaban J connectivity index is 0.00000145. The Kier molecular flexibility index (Phi) is 8.44. The van der Waals surface area contributed by atoms with E-state index in [1.54, 1.807) is 16.4 Å². The molecule has 1 heterocycles. The van der Waals surface area contributed by atoms with E-state index in [1.807, 2.05) is 70.3 Å². The number of hydrazine groups is 1. The van der Waals surface area contributed by atoms with Gasteiger partial charge in [0, 0.05) is 18.2 Å². The SMILES string of the molecule is CC.CCCSN(N)c1ccc2c(C#N)c(-c3ccc(OCC)cc3)n(C)c2c1. The number of aryl methyl sites for hydroxylation is 1. The van der Waals surface area contributed by atoms with Crippen LogP contribution in [0.4, 0.5) is 5.69 Å². The Morgan fingerprint density at radius 1 is 1.14 bits per heavy atom. The minimum Gasteiger partial charge on any atom is -0.494 e. The molecule has 0 spiro atoms. The van der Waals surface area contributed by atoms with E-state index in [0.29, 0.717) is 12.2 Å². The predicted octanol–water partition coefficient (Wildman–Crippen LogP) is 5.88.